The van der Waals surface area contributed by atoms with E-state index >= 15 is 0 Å². The fourth-order valence-corrected chi connectivity index (χ4v) is 1.59. The highest BCUT2D eigenvalue weighted by Gasteiger charge is 2.15. The van der Waals surface area contributed by atoms with Crippen LogP contribution in [-0.2, 0) is 0 Å². The number of anilines is 1. The van der Waals surface area contributed by atoms with E-state index in [1.165, 1.54) is 13.4 Å². The van der Waals surface area contributed by atoms with Crippen molar-refractivity contribution in [3.05, 3.63) is 23.7 Å². The zero-order valence-corrected chi connectivity index (χ0v) is 10.4. The molecule has 0 aromatic carbocycles. The SMILES string of the molecule is COc1cc(-c2nc(C)c(C(N)=O)c(N)n2)ncn1. The van der Waals surface area contributed by atoms with Crippen molar-refractivity contribution in [1.29, 1.82) is 0 Å². The van der Waals surface area contributed by atoms with Crippen LogP contribution in [0.4, 0.5) is 5.82 Å². The monoisotopic (exact) mass is 260 g/mol. The first-order valence-electron chi connectivity index (χ1n) is 5.33. The maximum absolute atomic E-state index is 11.2. The molecule has 0 spiro atoms. The highest BCUT2D eigenvalue weighted by molar-refractivity contribution is 5.98. The molecule has 0 bridgehead atoms. The molecule has 4 N–H and O–H groups in total. The lowest BCUT2D eigenvalue weighted by Crippen LogP contribution is -2.18. The van der Waals surface area contributed by atoms with E-state index in [-0.39, 0.29) is 17.2 Å². The molecular formula is C11H12N6O2. The summed E-state index contributed by atoms with van der Waals surface area (Å²) in [6, 6.07) is 1.57. The Balaban J connectivity index is 2.55. The van der Waals surface area contributed by atoms with Crippen LogP contribution in [0.1, 0.15) is 16.1 Å². The van der Waals surface area contributed by atoms with Gasteiger partial charge in [-0.2, -0.15) is 0 Å². The number of primary amides is 1. The number of carbonyl (C=O) groups is 1. The average Bonchev–Trinajstić information content (AvgIpc) is 2.37. The minimum Gasteiger partial charge on any atom is -0.481 e. The lowest BCUT2D eigenvalue weighted by atomic mass is 10.2. The molecule has 8 nitrogen and oxygen atoms in total. The van der Waals surface area contributed by atoms with Crippen molar-refractivity contribution in [3.63, 3.8) is 0 Å². The second-order valence-corrected chi connectivity index (χ2v) is 3.70. The highest BCUT2D eigenvalue weighted by atomic mass is 16.5. The number of rotatable bonds is 3. The molecule has 0 saturated carbocycles. The normalized spacial score (nSPS) is 10.2. The number of ether oxygens (including phenoxy) is 1. The lowest BCUT2D eigenvalue weighted by molar-refractivity contribution is 0.1000. The van der Waals surface area contributed by atoms with Crippen LogP contribution >= 0.6 is 0 Å². The van der Waals surface area contributed by atoms with Gasteiger partial charge < -0.3 is 16.2 Å². The smallest absolute Gasteiger partial charge is 0.254 e. The third-order valence-electron chi connectivity index (χ3n) is 2.44. The van der Waals surface area contributed by atoms with Crippen LogP contribution in [0.3, 0.4) is 0 Å². The van der Waals surface area contributed by atoms with Gasteiger partial charge in [0.05, 0.1) is 12.8 Å². The maximum atomic E-state index is 11.2. The first kappa shape index (κ1) is 12.7. The summed E-state index contributed by atoms with van der Waals surface area (Å²) in [5, 5.41) is 0. The van der Waals surface area contributed by atoms with Gasteiger partial charge in [0.2, 0.25) is 5.88 Å². The number of methoxy groups -OCH3 is 1. The third-order valence-corrected chi connectivity index (χ3v) is 2.44. The summed E-state index contributed by atoms with van der Waals surface area (Å²) in [7, 11) is 1.49. The van der Waals surface area contributed by atoms with E-state index in [0.29, 0.717) is 17.3 Å². The van der Waals surface area contributed by atoms with E-state index in [1.807, 2.05) is 0 Å². The maximum Gasteiger partial charge on any atom is 0.254 e. The molecule has 2 heterocycles. The molecule has 1 amide bonds. The number of hydrogen-bond acceptors (Lipinski definition) is 7. The average molecular weight is 260 g/mol. The zero-order chi connectivity index (χ0) is 14.0. The van der Waals surface area contributed by atoms with Gasteiger partial charge in [-0.1, -0.05) is 0 Å². The Kier molecular flexibility index (Phi) is 3.23. The van der Waals surface area contributed by atoms with Crippen LogP contribution in [-0.4, -0.2) is 33.0 Å². The summed E-state index contributed by atoms with van der Waals surface area (Å²) in [5.74, 6) is 0.0129. The lowest BCUT2D eigenvalue weighted by Gasteiger charge is -2.07. The molecule has 0 aliphatic heterocycles. The zero-order valence-electron chi connectivity index (χ0n) is 10.4. The van der Waals surface area contributed by atoms with Gasteiger partial charge >= 0.3 is 0 Å². The van der Waals surface area contributed by atoms with Gasteiger partial charge in [0.15, 0.2) is 5.82 Å². The van der Waals surface area contributed by atoms with Gasteiger partial charge in [-0.25, -0.2) is 19.9 Å². The Morgan fingerprint density at radius 2 is 2.05 bits per heavy atom. The Bertz CT molecular complexity index is 620. The van der Waals surface area contributed by atoms with Crippen LogP contribution in [0, 0.1) is 6.92 Å². The molecule has 98 valence electrons. The Labute approximate surface area is 108 Å². The Morgan fingerprint density at radius 3 is 2.63 bits per heavy atom. The summed E-state index contributed by atoms with van der Waals surface area (Å²) in [4.78, 5) is 27.3. The van der Waals surface area contributed by atoms with Crippen LogP contribution in [0.5, 0.6) is 5.88 Å². The molecule has 2 rings (SSSR count). The van der Waals surface area contributed by atoms with E-state index < -0.39 is 5.91 Å². The standard InChI is InChI=1S/C11H12N6O2/c1-5-8(10(13)18)9(12)17-11(16-5)6-3-7(19-2)15-4-14-6/h3-4H,1-2H3,(H2,13,18)(H2,12,16,17). The number of amides is 1. The minimum atomic E-state index is -0.665. The first-order valence-corrected chi connectivity index (χ1v) is 5.33. The minimum absolute atomic E-state index is 0.0209. The Hall–Kier alpha value is -2.77. The number of nitrogens with two attached hydrogens (primary N) is 2. The van der Waals surface area contributed by atoms with Crippen LogP contribution in [0.2, 0.25) is 0 Å². The molecule has 0 aliphatic rings. The summed E-state index contributed by atoms with van der Waals surface area (Å²) >= 11 is 0. The van der Waals surface area contributed by atoms with Crippen molar-refractivity contribution in [1.82, 2.24) is 19.9 Å². The summed E-state index contributed by atoms with van der Waals surface area (Å²) < 4.78 is 4.99. The topological polar surface area (TPSA) is 130 Å². The molecule has 0 fully saturated rings. The molecule has 0 atom stereocenters. The van der Waals surface area contributed by atoms with Gasteiger partial charge in [0.1, 0.15) is 23.4 Å². The fourth-order valence-electron chi connectivity index (χ4n) is 1.59. The Morgan fingerprint density at radius 1 is 1.32 bits per heavy atom. The van der Waals surface area contributed by atoms with E-state index in [9.17, 15) is 4.79 Å². The number of carbonyl (C=O) groups excluding carboxylic acids is 1. The van der Waals surface area contributed by atoms with Crippen molar-refractivity contribution >= 4 is 11.7 Å². The van der Waals surface area contributed by atoms with Gasteiger partial charge in [-0.3, -0.25) is 4.79 Å². The quantitative estimate of drug-likeness (QED) is 0.789. The van der Waals surface area contributed by atoms with E-state index in [4.69, 9.17) is 16.2 Å². The predicted molar refractivity (Wildman–Crippen MR) is 67.3 cm³/mol. The number of aromatic nitrogens is 4. The van der Waals surface area contributed by atoms with Crippen LogP contribution in [0.25, 0.3) is 11.5 Å². The molecule has 19 heavy (non-hydrogen) atoms. The molecular weight excluding hydrogens is 248 g/mol. The molecule has 0 radical (unpaired) electrons. The van der Waals surface area contributed by atoms with Gasteiger partial charge in [0.25, 0.3) is 5.91 Å². The van der Waals surface area contributed by atoms with Gasteiger partial charge in [0, 0.05) is 6.07 Å². The van der Waals surface area contributed by atoms with Crippen molar-refractivity contribution < 1.29 is 9.53 Å². The van der Waals surface area contributed by atoms with Crippen molar-refractivity contribution in [2.75, 3.05) is 12.8 Å². The van der Waals surface area contributed by atoms with Crippen LogP contribution in [0.15, 0.2) is 12.4 Å². The first-order chi connectivity index (χ1) is 9.02. The molecule has 2 aromatic heterocycles. The van der Waals surface area contributed by atoms with Crippen molar-refractivity contribution in [2.45, 2.75) is 6.92 Å². The predicted octanol–water partition coefficient (Wildman–Crippen LogP) is -0.0683. The van der Waals surface area contributed by atoms with Gasteiger partial charge in [-0.05, 0) is 6.92 Å². The van der Waals surface area contributed by atoms with E-state index in [2.05, 4.69) is 19.9 Å². The highest BCUT2D eigenvalue weighted by Crippen LogP contribution is 2.20. The van der Waals surface area contributed by atoms with E-state index in [1.54, 1.807) is 13.0 Å². The molecule has 2 aromatic rings. The van der Waals surface area contributed by atoms with E-state index in [0.717, 1.165) is 0 Å². The van der Waals surface area contributed by atoms with Crippen molar-refractivity contribution in [2.24, 2.45) is 5.73 Å². The second kappa shape index (κ2) is 4.84. The largest absolute Gasteiger partial charge is 0.481 e. The summed E-state index contributed by atoms with van der Waals surface area (Å²) in [6.45, 7) is 1.63. The fraction of sp³-hybridized carbons (Fsp3) is 0.182. The molecule has 0 unspecified atom stereocenters. The van der Waals surface area contributed by atoms with Crippen LogP contribution < -0.4 is 16.2 Å². The summed E-state index contributed by atoms with van der Waals surface area (Å²) in [6.07, 6.45) is 1.32. The summed E-state index contributed by atoms with van der Waals surface area (Å²) in [5.41, 5.74) is 11.9. The number of hydrogen-bond donors (Lipinski definition) is 2. The molecule has 0 aliphatic carbocycles. The van der Waals surface area contributed by atoms with Crippen molar-refractivity contribution in [3.8, 4) is 17.4 Å². The molecule has 0 saturated heterocycles. The third kappa shape index (κ3) is 2.41. The second-order valence-electron chi connectivity index (χ2n) is 3.70. The van der Waals surface area contributed by atoms with Gasteiger partial charge in [-0.15, -0.1) is 0 Å². The number of nitrogen functional groups attached to an aromatic ring is 1. The number of nitrogens with zero attached hydrogens (tertiary/aromatic N) is 4. The number of aryl methyl sites for hydroxylation is 1. The molecule has 8 heteroatoms.